The Morgan fingerprint density at radius 3 is 2.85 bits per heavy atom. The zero-order chi connectivity index (χ0) is 14.6. The second-order valence-corrected chi connectivity index (χ2v) is 6.73. The summed E-state index contributed by atoms with van der Waals surface area (Å²) in [5.74, 6) is 0.559. The molecule has 1 unspecified atom stereocenters. The van der Waals surface area contributed by atoms with Gasteiger partial charge in [-0.15, -0.1) is 5.10 Å². The molecule has 2 N–H and O–H groups in total. The number of rotatable bonds is 6. The van der Waals surface area contributed by atoms with Gasteiger partial charge in [-0.1, -0.05) is 4.49 Å². The van der Waals surface area contributed by atoms with Crippen molar-refractivity contribution in [2.45, 2.75) is 51.8 Å². The van der Waals surface area contributed by atoms with Crippen LogP contribution in [0.5, 0.6) is 0 Å². The number of alkyl carbamates (subject to hydrolysis) is 1. The van der Waals surface area contributed by atoms with E-state index in [1.54, 1.807) is 0 Å². The molecule has 0 aromatic carbocycles. The van der Waals surface area contributed by atoms with Crippen molar-refractivity contribution in [3.05, 3.63) is 11.1 Å². The highest BCUT2D eigenvalue weighted by atomic mass is 32.1. The molecule has 6 nitrogen and oxygen atoms in total. The molecule has 112 valence electrons. The maximum Gasteiger partial charge on any atom is 0.407 e. The molecule has 0 radical (unpaired) electrons. The van der Waals surface area contributed by atoms with Gasteiger partial charge in [0.05, 0.1) is 5.69 Å². The van der Waals surface area contributed by atoms with Gasteiger partial charge in [0.25, 0.3) is 0 Å². The highest BCUT2D eigenvalue weighted by molar-refractivity contribution is 7.03. The van der Waals surface area contributed by atoms with E-state index in [4.69, 9.17) is 4.74 Å². The molecule has 1 atom stereocenters. The first kappa shape index (κ1) is 15.2. The van der Waals surface area contributed by atoms with Gasteiger partial charge in [0.15, 0.2) is 0 Å². The van der Waals surface area contributed by atoms with Crippen molar-refractivity contribution in [3.8, 4) is 0 Å². The average molecular weight is 298 g/mol. The minimum Gasteiger partial charge on any atom is -0.444 e. The molecule has 1 aliphatic rings. The van der Waals surface area contributed by atoms with Crippen LogP contribution in [0.15, 0.2) is 5.38 Å². The second kappa shape index (κ2) is 6.49. The maximum atomic E-state index is 11.8. The number of carbonyl (C=O) groups is 1. The van der Waals surface area contributed by atoms with Crippen LogP contribution in [-0.4, -0.2) is 33.9 Å². The van der Waals surface area contributed by atoms with E-state index in [1.807, 2.05) is 26.2 Å². The first-order chi connectivity index (χ1) is 9.44. The zero-order valence-corrected chi connectivity index (χ0v) is 13.0. The van der Waals surface area contributed by atoms with Crippen molar-refractivity contribution in [2.75, 3.05) is 6.54 Å². The summed E-state index contributed by atoms with van der Waals surface area (Å²) < 4.78 is 9.12. The molecule has 0 saturated heterocycles. The van der Waals surface area contributed by atoms with Crippen LogP contribution in [-0.2, 0) is 11.3 Å². The molecule has 0 bridgehead atoms. The Hall–Kier alpha value is -1.21. The summed E-state index contributed by atoms with van der Waals surface area (Å²) in [4.78, 5) is 11.8. The summed E-state index contributed by atoms with van der Waals surface area (Å²) >= 11 is 1.34. The van der Waals surface area contributed by atoms with Crippen LogP contribution in [0.4, 0.5) is 4.79 Å². The number of amides is 1. The van der Waals surface area contributed by atoms with Gasteiger partial charge in [0.1, 0.15) is 5.60 Å². The summed E-state index contributed by atoms with van der Waals surface area (Å²) in [5, 5.41) is 12.2. The summed E-state index contributed by atoms with van der Waals surface area (Å²) in [6.07, 6.45) is 1.99. The third kappa shape index (κ3) is 5.42. The normalized spacial score (nSPS) is 16.8. The molecule has 7 heteroatoms. The van der Waals surface area contributed by atoms with Crippen molar-refractivity contribution in [1.29, 1.82) is 0 Å². The van der Waals surface area contributed by atoms with E-state index in [-0.39, 0.29) is 12.1 Å². The van der Waals surface area contributed by atoms with Crippen molar-refractivity contribution >= 4 is 17.6 Å². The summed E-state index contributed by atoms with van der Waals surface area (Å²) in [6.45, 7) is 7.00. The molecular formula is C13H22N4O2S. The van der Waals surface area contributed by atoms with Crippen molar-refractivity contribution in [3.63, 3.8) is 0 Å². The zero-order valence-electron chi connectivity index (χ0n) is 12.2. The van der Waals surface area contributed by atoms with Gasteiger partial charge in [-0.05, 0) is 51.1 Å². The van der Waals surface area contributed by atoms with E-state index in [0.29, 0.717) is 12.5 Å². The molecule has 0 aliphatic heterocycles. The molecule has 1 aliphatic carbocycles. The van der Waals surface area contributed by atoms with E-state index in [1.165, 1.54) is 24.4 Å². The van der Waals surface area contributed by atoms with Gasteiger partial charge < -0.3 is 15.4 Å². The summed E-state index contributed by atoms with van der Waals surface area (Å²) in [6, 6.07) is 0.122. The quantitative estimate of drug-likeness (QED) is 0.839. The van der Waals surface area contributed by atoms with Crippen molar-refractivity contribution in [2.24, 2.45) is 5.92 Å². The fourth-order valence-corrected chi connectivity index (χ4v) is 2.36. The Kier molecular flexibility index (Phi) is 4.93. The van der Waals surface area contributed by atoms with E-state index in [0.717, 1.165) is 12.2 Å². The number of aromatic nitrogens is 2. The van der Waals surface area contributed by atoms with Crippen LogP contribution in [0.25, 0.3) is 0 Å². The Balaban J connectivity index is 1.74. The summed E-state index contributed by atoms with van der Waals surface area (Å²) in [5.41, 5.74) is 0.472. The molecule has 2 rings (SSSR count). The number of ether oxygens (including phenoxy) is 1. The van der Waals surface area contributed by atoms with Gasteiger partial charge in [-0.3, -0.25) is 0 Å². The van der Waals surface area contributed by atoms with Crippen LogP contribution in [0.3, 0.4) is 0 Å². The molecule has 0 spiro atoms. The largest absolute Gasteiger partial charge is 0.444 e. The monoisotopic (exact) mass is 298 g/mol. The Morgan fingerprint density at radius 1 is 1.55 bits per heavy atom. The smallest absolute Gasteiger partial charge is 0.407 e. The number of nitrogens with zero attached hydrogens (tertiary/aromatic N) is 2. The third-order valence-corrected chi connectivity index (χ3v) is 3.52. The summed E-state index contributed by atoms with van der Waals surface area (Å²) in [7, 11) is 0. The molecule has 1 amide bonds. The predicted octanol–water partition coefficient (Wildman–Crippen LogP) is 1.93. The number of nitrogens with one attached hydrogen (secondary N) is 2. The average Bonchev–Trinajstić information content (AvgIpc) is 3.04. The molecule has 20 heavy (non-hydrogen) atoms. The topological polar surface area (TPSA) is 76.1 Å². The van der Waals surface area contributed by atoms with Gasteiger partial charge in [0.2, 0.25) is 0 Å². The van der Waals surface area contributed by atoms with Crippen LogP contribution in [0.1, 0.15) is 39.3 Å². The predicted molar refractivity (Wildman–Crippen MR) is 77.5 cm³/mol. The maximum absolute atomic E-state index is 11.8. The fraction of sp³-hybridized carbons (Fsp3) is 0.769. The van der Waals surface area contributed by atoms with Crippen LogP contribution >= 0.6 is 11.5 Å². The van der Waals surface area contributed by atoms with Gasteiger partial charge in [-0.25, -0.2) is 4.79 Å². The molecule has 1 saturated carbocycles. The standard InChI is InChI=1S/C13H22N4O2S/c1-13(2,3)19-12(18)15-11(9-4-5-9)7-14-6-10-8-20-17-16-10/h8-9,11,14H,4-7H2,1-3H3,(H,15,18). The van der Waals surface area contributed by atoms with E-state index in [2.05, 4.69) is 20.2 Å². The lowest BCUT2D eigenvalue weighted by Gasteiger charge is -2.23. The SMILES string of the molecule is CC(C)(C)OC(=O)NC(CNCc1csnn1)C1CC1. The minimum absolute atomic E-state index is 0.122. The van der Waals surface area contributed by atoms with E-state index < -0.39 is 5.60 Å². The highest BCUT2D eigenvalue weighted by Crippen LogP contribution is 2.32. The van der Waals surface area contributed by atoms with Gasteiger partial charge in [0, 0.05) is 24.5 Å². The third-order valence-electron chi connectivity index (χ3n) is 2.97. The Morgan fingerprint density at radius 2 is 2.30 bits per heavy atom. The molecule has 1 fully saturated rings. The Labute approximate surface area is 123 Å². The lowest BCUT2D eigenvalue weighted by atomic mass is 10.2. The van der Waals surface area contributed by atoms with Crippen molar-refractivity contribution in [1.82, 2.24) is 20.2 Å². The fourth-order valence-electron chi connectivity index (χ4n) is 1.91. The number of hydrogen-bond donors (Lipinski definition) is 2. The Bertz CT molecular complexity index is 426. The van der Waals surface area contributed by atoms with Crippen LogP contribution < -0.4 is 10.6 Å². The molecule has 1 aromatic heterocycles. The lowest BCUT2D eigenvalue weighted by molar-refractivity contribution is 0.0497. The second-order valence-electron chi connectivity index (χ2n) is 6.12. The molecular weight excluding hydrogens is 276 g/mol. The van der Waals surface area contributed by atoms with Crippen LogP contribution in [0.2, 0.25) is 0 Å². The van der Waals surface area contributed by atoms with Gasteiger partial charge >= 0.3 is 6.09 Å². The molecule has 1 aromatic rings. The minimum atomic E-state index is -0.460. The number of carbonyl (C=O) groups excluding carboxylic acids is 1. The lowest BCUT2D eigenvalue weighted by Crippen LogP contribution is -2.45. The highest BCUT2D eigenvalue weighted by Gasteiger charge is 2.33. The number of hydrogen-bond acceptors (Lipinski definition) is 6. The molecule has 1 heterocycles. The first-order valence-electron chi connectivity index (χ1n) is 6.90. The van der Waals surface area contributed by atoms with E-state index >= 15 is 0 Å². The van der Waals surface area contributed by atoms with Crippen molar-refractivity contribution < 1.29 is 9.53 Å². The van der Waals surface area contributed by atoms with Gasteiger partial charge in [-0.2, -0.15) is 0 Å². The van der Waals surface area contributed by atoms with E-state index in [9.17, 15) is 4.79 Å². The first-order valence-corrected chi connectivity index (χ1v) is 7.74. The van der Waals surface area contributed by atoms with Crippen LogP contribution in [0, 0.1) is 5.92 Å².